The number of rotatable bonds is 0. The summed E-state index contributed by atoms with van der Waals surface area (Å²) in [6.45, 7) is 0.972. The zero-order chi connectivity index (χ0) is 3.58. The van der Waals surface area contributed by atoms with Crippen LogP contribution in [-0.4, -0.2) is 34.5 Å². The van der Waals surface area contributed by atoms with Crippen LogP contribution in [0.5, 0.6) is 0 Å². The zero-order valence-corrected chi connectivity index (χ0v) is 9.01. The Morgan fingerprint density at radius 1 is 1.57 bits per heavy atom. The van der Waals surface area contributed by atoms with Crippen LogP contribution in [-0.2, 0) is 4.79 Å². The average Bonchev–Trinajstić information content (AvgIpc) is 0.811. The number of aliphatic carboxylic acids is 1. The van der Waals surface area contributed by atoms with Crippen molar-refractivity contribution in [3.63, 3.8) is 0 Å². The molecule has 0 rings (SSSR count). The van der Waals surface area contributed by atoms with E-state index in [9.17, 15) is 0 Å². The first-order valence-corrected chi connectivity index (χ1v) is 0.908. The van der Waals surface area contributed by atoms with Gasteiger partial charge in [-0.25, -0.2) is 0 Å². The van der Waals surface area contributed by atoms with Crippen molar-refractivity contribution in [2.45, 2.75) is 6.92 Å². The Bertz CT molecular complexity index is 35.9. The van der Waals surface area contributed by atoms with Crippen LogP contribution in [0.2, 0.25) is 0 Å². The maximum atomic E-state index is 8.89. The van der Waals surface area contributed by atoms with Crippen LogP contribution in [0.1, 0.15) is 6.92 Å². The molecule has 0 aromatic heterocycles. The molecule has 0 fully saturated rings. The summed E-state index contributed by atoms with van der Waals surface area (Å²) in [6.07, 6.45) is 0. The van der Waals surface area contributed by atoms with E-state index in [4.69, 9.17) is 9.90 Å². The molecule has 32 valence electrons. The van der Waals surface area contributed by atoms with Crippen LogP contribution < -0.4 is 56.5 Å². The second-order valence-electron chi connectivity index (χ2n) is 0.492. The van der Waals surface area contributed by atoms with Crippen molar-refractivity contribution in [2.24, 2.45) is 0 Å². The van der Waals surface area contributed by atoms with Gasteiger partial charge in [0.15, 0.2) is 0 Å². The Balaban J connectivity index is -0.0000000150. The van der Waals surface area contributed by atoms with Gasteiger partial charge >= 0.3 is 74.4 Å². The molecular formula is C2H4KMgO3+. The van der Waals surface area contributed by atoms with Crippen molar-refractivity contribution >= 4 is 29.0 Å². The third-order valence-corrected chi connectivity index (χ3v) is 0. The topological polar surface area (TPSA) is 70.1 Å². The number of hydrogen-bond donors (Lipinski definition) is 0. The zero-order valence-electron chi connectivity index (χ0n) is 4.47. The van der Waals surface area contributed by atoms with E-state index in [1.165, 1.54) is 0 Å². The molecule has 3 nitrogen and oxygen atoms in total. The predicted molar refractivity (Wildman–Crippen MR) is 18.4 cm³/mol. The van der Waals surface area contributed by atoms with Gasteiger partial charge in [-0.05, 0) is 6.92 Å². The van der Waals surface area contributed by atoms with Crippen LogP contribution in [0, 0.1) is 0 Å². The predicted octanol–water partition coefficient (Wildman–Crippen LogP) is -4.80. The molecule has 0 spiro atoms. The molecular weight excluding hydrogens is 135 g/mol. The Hall–Kier alpha value is 1.83. The normalized spacial score (nSPS) is 3.57. The van der Waals surface area contributed by atoms with Gasteiger partial charge in [-0.15, -0.1) is 0 Å². The summed E-state index contributed by atoms with van der Waals surface area (Å²) < 4.78 is 0. The first kappa shape index (κ1) is 23.2. The fourth-order valence-electron chi connectivity index (χ4n) is 0. The quantitative estimate of drug-likeness (QED) is 0.316. The van der Waals surface area contributed by atoms with Gasteiger partial charge in [-0.3, -0.25) is 0 Å². The molecule has 7 heavy (non-hydrogen) atoms. The van der Waals surface area contributed by atoms with Gasteiger partial charge in [0.1, 0.15) is 0 Å². The fraction of sp³-hybridized carbons (Fsp3) is 0.500. The minimum atomic E-state index is -1.08. The van der Waals surface area contributed by atoms with Crippen molar-refractivity contribution in [3.05, 3.63) is 0 Å². The SMILES string of the molecule is CC(=O)[O-].[K+].[Mg+2].[OH-]. The summed E-state index contributed by atoms with van der Waals surface area (Å²) in [4.78, 5) is 8.89. The second kappa shape index (κ2) is 15.7. The van der Waals surface area contributed by atoms with E-state index in [1.54, 1.807) is 0 Å². The molecule has 1 N–H and O–H groups in total. The second-order valence-corrected chi connectivity index (χ2v) is 0.492. The molecule has 5 heteroatoms. The van der Waals surface area contributed by atoms with E-state index >= 15 is 0 Å². The van der Waals surface area contributed by atoms with Gasteiger partial charge < -0.3 is 15.4 Å². The van der Waals surface area contributed by atoms with Crippen molar-refractivity contribution in [3.8, 4) is 0 Å². The van der Waals surface area contributed by atoms with Gasteiger partial charge in [0.2, 0.25) is 0 Å². The van der Waals surface area contributed by atoms with Crippen molar-refractivity contribution in [1.82, 2.24) is 0 Å². The smallest absolute Gasteiger partial charge is 0.870 e. The van der Waals surface area contributed by atoms with Gasteiger partial charge in [-0.1, -0.05) is 0 Å². The average molecular weight is 139 g/mol. The molecule has 0 saturated heterocycles. The Morgan fingerprint density at radius 2 is 1.57 bits per heavy atom. The van der Waals surface area contributed by atoms with E-state index in [2.05, 4.69) is 0 Å². The number of carbonyl (C=O) groups is 1. The molecule has 0 heterocycles. The van der Waals surface area contributed by atoms with Crippen LogP contribution >= 0.6 is 0 Å². The first-order valence-electron chi connectivity index (χ1n) is 0.908. The summed E-state index contributed by atoms with van der Waals surface area (Å²) in [5.74, 6) is -1.08. The number of carboxylic acid groups (broad SMARTS) is 1. The van der Waals surface area contributed by atoms with E-state index in [0.717, 1.165) is 6.92 Å². The van der Waals surface area contributed by atoms with Gasteiger partial charge in [-0.2, -0.15) is 0 Å². The Kier molecular flexibility index (Phi) is 51.9. The van der Waals surface area contributed by atoms with Crippen LogP contribution in [0.15, 0.2) is 0 Å². The Labute approximate surface area is 101 Å². The van der Waals surface area contributed by atoms with E-state index in [1.807, 2.05) is 0 Å². The summed E-state index contributed by atoms with van der Waals surface area (Å²) >= 11 is 0. The van der Waals surface area contributed by atoms with Crippen LogP contribution in [0.3, 0.4) is 0 Å². The molecule has 0 aliphatic heterocycles. The molecule has 0 aromatic carbocycles. The number of carboxylic acids is 1. The van der Waals surface area contributed by atoms with Gasteiger partial charge in [0.25, 0.3) is 0 Å². The van der Waals surface area contributed by atoms with Gasteiger partial charge in [0, 0.05) is 5.97 Å². The Morgan fingerprint density at radius 3 is 1.57 bits per heavy atom. The standard InChI is InChI=1S/C2H4O2.K.Mg.H2O/c1-2(3)4;;;/h1H3,(H,3,4);;;1H2/q;+1;+2;/p-2. The third-order valence-electron chi connectivity index (χ3n) is 0. The fourth-order valence-corrected chi connectivity index (χ4v) is 0. The first-order chi connectivity index (χ1) is 1.73. The molecule has 0 aliphatic rings. The molecule has 0 aromatic rings. The molecule has 0 aliphatic carbocycles. The third kappa shape index (κ3) is 79.3. The number of hydrogen-bond acceptors (Lipinski definition) is 3. The molecule has 0 amide bonds. The van der Waals surface area contributed by atoms with E-state index in [-0.39, 0.29) is 79.9 Å². The minimum absolute atomic E-state index is 0. The summed E-state index contributed by atoms with van der Waals surface area (Å²) in [5, 5.41) is 8.89. The maximum absolute atomic E-state index is 8.89. The minimum Gasteiger partial charge on any atom is -0.870 e. The molecule has 0 saturated carbocycles. The van der Waals surface area contributed by atoms with Crippen molar-refractivity contribution in [1.29, 1.82) is 0 Å². The van der Waals surface area contributed by atoms with E-state index < -0.39 is 5.97 Å². The van der Waals surface area contributed by atoms with Crippen LogP contribution in [0.25, 0.3) is 0 Å². The van der Waals surface area contributed by atoms with Crippen LogP contribution in [0.4, 0.5) is 0 Å². The summed E-state index contributed by atoms with van der Waals surface area (Å²) in [5.41, 5.74) is 0. The van der Waals surface area contributed by atoms with E-state index in [0.29, 0.717) is 0 Å². The monoisotopic (exact) mass is 139 g/mol. The largest absolute Gasteiger partial charge is 2.00 e. The molecule has 0 bridgehead atoms. The maximum Gasteiger partial charge on any atom is 2.00 e. The summed E-state index contributed by atoms with van der Waals surface area (Å²) in [7, 11) is 0. The van der Waals surface area contributed by atoms with Crippen molar-refractivity contribution in [2.75, 3.05) is 0 Å². The molecule has 0 atom stereocenters. The molecule has 0 radical (unpaired) electrons. The summed E-state index contributed by atoms with van der Waals surface area (Å²) in [6, 6.07) is 0. The number of carbonyl (C=O) groups excluding carboxylic acids is 1. The van der Waals surface area contributed by atoms with Gasteiger partial charge in [0.05, 0.1) is 0 Å². The van der Waals surface area contributed by atoms with Crippen molar-refractivity contribution < 1.29 is 66.8 Å². The molecule has 0 unspecified atom stereocenters.